The van der Waals surface area contributed by atoms with Crippen molar-refractivity contribution in [3.05, 3.63) is 23.9 Å². The molecule has 2 N–H and O–H groups in total. The molecule has 0 unspecified atom stereocenters. The standard InChI is InChI=1S/C14H23N3O3S/c1-14(2,10-20-3)17-21(18,19)13-7-4-11(9-16-13)8-15-12-5-6-12/h4,7,9,12,15,17H,5-6,8,10H2,1-3H3. The molecule has 6 nitrogen and oxygen atoms in total. The topological polar surface area (TPSA) is 80.3 Å². The van der Waals surface area contributed by atoms with Crippen molar-refractivity contribution in [1.29, 1.82) is 0 Å². The van der Waals surface area contributed by atoms with Gasteiger partial charge in [-0.25, -0.2) is 18.1 Å². The highest BCUT2D eigenvalue weighted by molar-refractivity contribution is 7.89. The number of hydrogen-bond acceptors (Lipinski definition) is 5. The van der Waals surface area contributed by atoms with Gasteiger partial charge in [0.05, 0.1) is 12.1 Å². The van der Waals surface area contributed by atoms with Crippen molar-refractivity contribution in [3.63, 3.8) is 0 Å². The Morgan fingerprint density at radius 1 is 1.38 bits per heavy atom. The normalized spacial score (nSPS) is 16.1. The van der Waals surface area contributed by atoms with Gasteiger partial charge in [0, 0.05) is 25.9 Å². The van der Waals surface area contributed by atoms with Gasteiger partial charge in [-0.1, -0.05) is 6.07 Å². The van der Waals surface area contributed by atoms with E-state index >= 15 is 0 Å². The second kappa shape index (κ2) is 6.39. The highest BCUT2D eigenvalue weighted by atomic mass is 32.2. The molecule has 1 aromatic rings. The maximum absolute atomic E-state index is 12.3. The molecule has 1 heterocycles. The fourth-order valence-corrected chi connectivity index (χ4v) is 3.36. The number of pyridine rings is 1. The molecule has 0 aliphatic heterocycles. The second-order valence-corrected chi connectivity index (χ2v) is 7.71. The molecule has 0 aromatic carbocycles. The first kappa shape index (κ1) is 16.4. The minimum Gasteiger partial charge on any atom is -0.383 e. The monoisotopic (exact) mass is 313 g/mol. The maximum atomic E-state index is 12.3. The smallest absolute Gasteiger partial charge is 0.258 e. The molecule has 1 aromatic heterocycles. The van der Waals surface area contributed by atoms with Gasteiger partial charge in [0.1, 0.15) is 0 Å². The van der Waals surface area contributed by atoms with Crippen molar-refractivity contribution in [2.45, 2.75) is 49.8 Å². The fraction of sp³-hybridized carbons (Fsp3) is 0.643. The summed E-state index contributed by atoms with van der Waals surface area (Å²) >= 11 is 0. The van der Waals surface area contributed by atoms with Crippen LogP contribution < -0.4 is 10.0 Å². The molecule has 0 bridgehead atoms. The van der Waals surface area contributed by atoms with E-state index in [1.807, 2.05) is 0 Å². The highest BCUT2D eigenvalue weighted by Crippen LogP contribution is 2.19. The molecule has 0 radical (unpaired) electrons. The summed E-state index contributed by atoms with van der Waals surface area (Å²) in [6.45, 7) is 4.54. The van der Waals surface area contributed by atoms with Gasteiger partial charge in [-0.05, 0) is 38.3 Å². The zero-order valence-electron chi connectivity index (χ0n) is 12.7. The SMILES string of the molecule is COCC(C)(C)NS(=O)(=O)c1ccc(CNC2CC2)cn1. The first-order valence-electron chi connectivity index (χ1n) is 7.04. The van der Waals surface area contributed by atoms with Crippen LogP contribution in [0.5, 0.6) is 0 Å². The quantitative estimate of drug-likeness (QED) is 0.749. The summed E-state index contributed by atoms with van der Waals surface area (Å²) in [6.07, 6.45) is 4.05. The van der Waals surface area contributed by atoms with Crippen LogP contribution in [-0.4, -0.2) is 38.7 Å². The number of hydrogen-bond donors (Lipinski definition) is 2. The van der Waals surface area contributed by atoms with Gasteiger partial charge in [-0.3, -0.25) is 0 Å². The highest BCUT2D eigenvalue weighted by Gasteiger charge is 2.27. The van der Waals surface area contributed by atoms with Crippen LogP contribution in [0, 0.1) is 0 Å². The summed E-state index contributed by atoms with van der Waals surface area (Å²) in [5.74, 6) is 0. The van der Waals surface area contributed by atoms with E-state index in [1.165, 1.54) is 26.0 Å². The molecule has 1 fully saturated rings. The van der Waals surface area contributed by atoms with Crippen LogP contribution in [-0.2, 0) is 21.3 Å². The van der Waals surface area contributed by atoms with E-state index < -0.39 is 15.6 Å². The average molecular weight is 313 g/mol. The van der Waals surface area contributed by atoms with Crippen molar-refractivity contribution < 1.29 is 13.2 Å². The number of nitrogens with zero attached hydrogens (tertiary/aromatic N) is 1. The van der Waals surface area contributed by atoms with Gasteiger partial charge in [0.15, 0.2) is 5.03 Å². The first-order chi connectivity index (χ1) is 9.82. The first-order valence-corrected chi connectivity index (χ1v) is 8.52. The molecule has 0 amide bonds. The van der Waals surface area contributed by atoms with E-state index in [0.717, 1.165) is 12.1 Å². The van der Waals surface area contributed by atoms with Crippen molar-refractivity contribution in [2.75, 3.05) is 13.7 Å². The number of ether oxygens (including phenoxy) is 1. The largest absolute Gasteiger partial charge is 0.383 e. The summed E-state index contributed by atoms with van der Waals surface area (Å²) in [5.41, 5.74) is 0.304. The molecule has 1 aliphatic rings. The van der Waals surface area contributed by atoms with Gasteiger partial charge in [0.25, 0.3) is 10.0 Å². The third-order valence-corrected chi connectivity index (χ3v) is 4.77. The van der Waals surface area contributed by atoms with Crippen LogP contribution in [0.25, 0.3) is 0 Å². The molecule has 0 atom stereocenters. The molecule has 1 saturated carbocycles. The summed E-state index contributed by atoms with van der Waals surface area (Å²) in [4.78, 5) is 4.06. The Labute approximate surface area is 126 Å². The Morgan fingerprint density at radius 2 is 2.10 bits per heavy atom. The summed E-state index contributed by atoms with van der Waals surface area (Å²) in [6, 6.07) is 3.94. The molecular weight excluding hydrogens is 290 g/mol. The van der Waals surface area contributed by atoms with E-state index in [1.54, 1.807) is 26.1 Å². The molecule has 7 heteroatoms. The van der Waals surface area contributed by atoms with Crippen LogP contribution in [0.15, 0.2) is 23.4 Å². The lowest BCUT2D eigenvalue weighted by atomic mass is 10.1. The summed E-state index contributed by atoms with van der Waals surface area (Å²) in [7, 11) is -2.10. The molecule has 1 aliphatic carbocycles. The number of rotatable bonds is 8. The molecule has 118 valence electrons. The maximum Gasteiger partial charge on any atom is 0.258 e. The van der Waals surface area contributed by atoms with Gasteiger partial charge in [0.2, 0.25) is 0 Å². The number of nitrogens with one attached hydrogen (secondary N) is 2. The zero-order chi connectivity index (χ0) is 15.5. The van der Waals surface area contributed by atoms with E-state index in [2.05, 4.69) is 15.0 Å². The second-order valence-electron chi connectivity index (χ2n) is 6.08. The van der Waals surface area contributed by atoms with Gasteiger partial charge >= 0.3 is 0 Å². The lowest BCUT2D eigenvalue weighted by molar-refractivity contribution is 0.141. The Balaban J connectivity index is 2.01. The Bertz CT molecular complexity index is 566. The molecular formula is C14H23N3O3S. The lowest BCUT2D eigenvalue weighted by Crippen LogP contribution is -2.46. The predicted molar refractivity (Wildman–Crippen MR) is 80.4 cm³/mol. The molecule has 21 heavy (non-hydrogen) atoms. The summed E-state index contributed by atoms with van der Waals surface area (Å²) < 4.78 is 32.1. The van der Waals surface area contributed by atoms with E-state index in [4.69, 9.17) is 4.74 Å². The summed E-state index contributed by atoms with van der Waals surface area (Å²) in [5, 5.41) is 3.39. The molecule has 2 rings (SSSR count). The minimum atomic E-state index is -3.64. The third-order valence-electron chi connectivity index (χ3n) is 3.16. The van der Waals surface area contributed by atoms with Gasteiger partial charge in [-0.15, -0.1) is 0 Å². The van der Waals surface area contributed by atoms with Crippen LogP contribution in [0.3, 0.4) is 0 Å². The Hall–Kier alpha value is -1.02. The fourth-order valence-electron chi connectivity index (χ4n) is 2.03. The van der Waals surface area contributed by atoms with Crippen LogP contribution in [0.2, 0.25) is 0 Å². The van der Waals surface area contributed by atoms with Crippen molar-refractivity contribution in [1.82, 2.24) is 15.0 Å². The van der Waals surface area contributed by atoms with E-state index in [0.29, 0.717) is 6.04 Å². The van der Waals surface area contributed by atoms with Gasteiger partial charge < -0.3 is 10.1 Å². The van der Waals surface area contributed by atoms with Crippen molar-refractivity contribution in [3.8, 4) is 0 Å². The predicted octanol–water partition coefficient (Wildman–Crippen LogP) is 1.04. The van der Waals surface area contributed by atoms with Gasteiger partial charge in [-0.2, -0.15) is 0 Å². The number of methoxy groups -OCH3 is 1. The molecule has 0 spiro atoms. The minimum absolute atomic E-state index is 0.0295. The average Bonchev–Trinajstić information content (AvgIpc) is 3.19. The van der Waals surface area contributed by atoms with Crippen molar-refractivity contribution in [2.24, 2.45) is 0 Å². The Kier molecular flexibility index (Phi) is 4.98. The number of aromatic nitrogens is 1. The third kappa shape index (κ3) is 5.03. The van der Waals surface area contributed by atoms with E-state index in [-0.39, 0.29) is 11.6 Å². The lowest BCUT2D eigenvalue weighted by Gasteiger charge is -2.24. The number of sulfonamides is 1. The van der Waals surface area contributed by atoms with E-state index in [9.17, 15) is 8.42 Å². The van der Waals surface area contributed by atoms with Crippen LogP contribution in [0.4, 0.5) is 0 Å². The molecule has 0 saturated heterocycles. The van der Waals surface area contributed by atoms with Crippen LogP contribution >= 0.6 is 0 Å². The Morgan fingerprint density at radius 3 is 2.62 bits per heavy atom. The van der Waals surface area contributed by atoms with Crippen molar-refractivity contribution >= 4 is 10.0 Å². The zero-order valence-corrected chi connectivity index (χ0v) is 13.5. The van der Waals surface area contributed by atoms with Crippen LogP contribution in [0.1, 0.15) is 32.3 Å².